The molecule has 1 nitrogen and oxygen atoms in total. The van der Waals surface area contributed by atoms with Crippen LogP contribution in [-0.2, 0) is 4.74 Å². The lowest BCUT2D eigenvalue weighted by molar-refractivity contribution is 0.241. The first kappa shape index (κ1) is 10.3. The molecule has 0 aromatic heterocycles. The van der Waals surface area contributed by atoms with E-state index in [2.05, 4.69) is 19.6 Å². The molecule has 0 aromatic carbocycles. The summed E-state index contributed by atoms with van der Waals surface area (Å²) in [4.78, 5) is 0. The van der Waals surface area contributed by atoms with Gasteiger partial charge in [0, 0.05) is 0 Å². The smallest absolute Gasteiger partial charge is 0.114 e. The molecule has 0 atom stereocenters. The Morgan fingerprint density at radius 2 is 2.18 bits per heavy atom. The maximum absolute atomic E-state index is 5.28. The van der Waals surface area contributed by atoms with Crippen LogP contribution in [0.25, 0.3) is 0 Å². The first-order chi connectivity index (χ1) is 5.35. The fourth-order valence-electron chi connectivity index (χ4n) is 0.816. The van der Waals surface area contributed by atoms with E-state index in [4.69, 9.17) is 4.74 Å². The lowest BCUT2D eigenvalue weighted by Crippen LogP contribution is -1.87. The second kappa shape index (κ2) is 7.39. The summed E-state index contributed by atoms with van der Waals surface area (Å²) in [5.74, 6) is 0.918. The second-order valence-corrected chi connectivity index (χ2v) is 2.39. The van der Waals surface area contributed by atoms with Gasteiger partial charge in [0.2, 0.25) is 0 Å². The minimum atomic E-state index is 0.726. The number of hydrogen-bond acceptors (Lipinski definition) is 1. The fraction of sp³-hybridized carbons (Fsp3) is 0.600. The molecule has 0 radical (unpaired) electrons. The number of hydrogen-bond donors (Lipinski definition) is 0. The third kappa shape index (κ3) is 5.71. The minimum absolute atomic E-state index is 0.726. The number of rotatable bonds is 6. The van der Waals surface area contributed by atoms with E-state index in [1.165, 1.54) is 12.8 Å². The Kier molecular flexibility index (Phi) is 6.90. The van der Waals surface area contributed by atoms with E-state index in [1.807, 2.05) is 6.92 Å². The van der Waals surface area contributed by atoms with E-state index >= 15 is 0 Å². The van der Waals surface area contributed by atoms with Crippen molar-refractivity contribution < 1.29 is 4.74 Å². The molecule has 64 valence electrons. The number of allylic oxidation sites excluding steroid dienone is 2. The van der Waals surface area contributed by atoms with Gasteiger partial charge in [-0.2, -0.15) is 0 Å². The summed E-state index contributed by atoms with van der Waals surface area (Å²) >= 11 is 0. The van der Waals surface area contributed by atoms with Crippen LogP contribution in [0.5, 0.6) is 0 Å². The van der Waals surface area contributed by atoms with Gasteiger partial charge < -0.3 is 4.74 Å². The van der Waals surface area contributed by atoms with Crippen LogP contribution in [-0.4, -0.2) is 6.61 Å². The van der Waals surface area contributed by atoms with Gasteiger partial charge in [-0.3, -0.25) is 0 Å². The van der Waals surface area contributed by atoms with E-state index in [9.17, 15) is 0 Å². The highest BCUT2D eigenvalue weighted by Gasteiger charge is 1.88. The van der Waals surface area contributed by atoms with Crippen LogP contribution in [0, 0.1) is 0 Å². The van der Waals surface area contributed by atoms with Crippen molar-refractivity contribution in [3.63, 3.8) is 0 Å². The maximum atomic E-state index is 5.28. The van der Waals surface area contributed by atoms with Gasteiger partial charge in [-0.25, -0.2) is 0 Å². The molecule has 0 amide bonds. The molecule has 0 aliphatic rings. The van der Waals surface area contributed by atoms with E-state index < -0.39 is 0 Å². The summed E-state index contributed by atoms with van der Waals surface area (Å²) in [6, 6.07) is 0. The number of ether oxygens (including phenoxy) is 1. The van der Waals surface area contributed by atoms with Crippen LogP contribution in [0.2, 0.25) is 0 Å². The molecule has 0 aromatic rings. The van der Waals surface area contributed by atoms with Gasteiger partial charge in [0.05, 0.1) is 6.61 Å². The highest BCUT2D eigenvalue weighted by molar-refractivity contribution is 5.07. The summed E-state index contributed by atoms with van der Waals surface area (Å²) in [5.41, 5.74) is 0. The summed E-state index contributed by atoms with van der Waals surface area (Å²) in [6.45, 7) is 8.56. The molecule has 0 unspecified atom stereocenters. The molecule has 0 rings (SSSR count). The topological polar surface area (TPSA) is 9.23 Å². The van der Waals surface area contributed by atoms with Crippen molar-refractivity contribution in [3.8, 4) is 0 Å². The molecule has 0 spiro atoms. The molecule has 0 saturated heterocycles. The Labute approximate surface area is 69.8 Å². The predicted octanol–water partition coefficient (Wildman–Crippen LogP) is 3.28. The third-order valence-corrected chi connectivity index (χ3v) is 1.42. The minimum Gasteiger partial charge on any atom is -0.494 e. The van der Waals surface area contributed by atoms with Crippen molar-refractivity contribution in [2.45, 2.75) is 33.1 Å². The van der Waals surface area contributed by atoms with Gasteiger partial charge in [0.25, 0.3) is 0 Å². The van der Waals surface area contributed by atoms with Crippen molar-refractivity contribution >= 4 is 0 Å². The van der Waals surface area contributed by atoms with Crippen molar-refractivity contribution in [2.24, 2.45) is 0 Å². The Balaban J connectivity index is 3.61. The first-order valence-electron chi connectivity index (χ1n) is 4.30. The zero-order valence-corrected chi connectivity index (χ0v) is 7.60. The highest BCUT2D eigenvalue weighted by Crippen LogP contribution is 2.03. The molecular weight excluding hydrogens is 136 g/mol. The molecule has 0 saturated carbocycles. The van der Waals surface area contributed by atoms with Crippen LogP contribution in [0.15, 0.2) is 24.5 Å². The Morgan fingerprint density at radius 1 is 1.45 bits per heavy atom. The summed E-state index contributed by atoms with van der Waals surface area (Å²) in [5, 5.41) is 0. The zero-order chi connectivity index (χ0) is 8.53. The standard InChI is InChI=1S/C10H18O/c1-4-7-8-9-10(5-2)11-6-3/h5,9H,2,4,6-8H2,1,3H3. The zero-order valence-electron chi connectivity index (χ0n) is 7.60. The Morgan fingerprint density at radius 3 is 2.64 bits per heavy atom. The highest BCUT2D eigenvalue weighted by atomic mass is 16.5. The van der Waals surface area contributed by atoms with Crippen LogP contribution >= 0.6 is 0 Å². The molecule has 11 heavy (non-hydrogen) atoms. The maximum Gasteiger partial charge on any atom is 0.114 e. The van der Waals surface area contributed by atoms with Crippen LogP contribution < -0.4 is 0 Å². The predicted molar refractivity (Wildman–Crippen MR) is 49.4 cm³/mol. The van der Waals surface area contributed by atoms with Gasteiger partial charge >= 0.3 is 0 Å². The Hall–Kier alpha value is -0.720. The molecule has 0 aliphatic carbocycles. The molecule has 0 fully saturated rings. The van der Waals surface area contributed by atoms with Crippen molar-refractivity contribution in [1.82, 2.24) is 0 Å². The van der Waals surface area contributed by atoms with Crippen LogP contribution in [0.1, 0.15) is 33.1 Å². The molecule has 0 bridgehead atoms. The van der Waals surface area contributed by atoms with Gasteiger partial charge in [0.15, 0.2) is 0 Å². The summed E-state index contributed by atoms with van der Waals surface area (Å²) in [6.07, 6.45) is 7.41. The van der Waals surface area contributed by atoms with E-state index in [0.29, 0.717) is 0 Å². The Bertz CT molecular complexity index is 125. The van der Waals surface area contributed by atoms with Gasteiger partial charge in [-0.05, 0) is 31.9 Å². The van der Waals surface area contributed by atoms with Crippen molar-refractivity contribution in [3.05, 3.63) is 24.5 Å². The average molecular weight is 154 g/mol. The second-order valence-electron chi connectivity index (χ2n) is 2.39. The SMILES string of the molecule is C=CC(=CCCCC)OCC. The largest absolute Gasteiger partial charge is 0.494 e. The van der Waals surface area contributed by atoms with E-state index in [0.717, 1.165) is 18.8 Å². The molecule has 1 heteroatoms. The fourth-order valence-corrected chi connectivity index (χ4v) is 0.816. The first-order valence-corrected chi connectivity index (χ1v) is 4.30. The quantitative estimate of drug-likeness (QED) is 0.324. The van der Waals surface area contributed by atoms with Crippen molar-refractivity contribution in [2.75, 3.05) is 6.61 Å². The van der Waals surface area contributed by atoms with Gasteiger partial charge in [-0.1, -0.05) is 19.9 Å². The van der Waals surface area contributed by atoms with Crippen LogP contribution in [0.4, 0.5) is 0 Å². The molecular formula is C10H18O. The third-order valence-electron chi connectivity index (χ3n) is 1.42. The van der Waals surface area contributed by atoms with Gasteiger partial charge in [-0.15, -0.1) is 0 Å². The number of unbranched alkanes of at least 4 members (excludes halogenated alkanes) is 2. The normalized spacial score (nSPS) is 11.3. The van der Waals surface area contributed by atoms with E-state index in [-0.39, 0.29) is 0 Å². The van der Waals surface area contributed by atoms with Crippen LogP contribution in [0.3, 0.4) is 0 Å². The molecule has 0 aliphatic heterocycles. The molecule has 0 N–H and O–H groups in total. The monoisotopic (exact) mass is 154 g/mol. The molecule has 0 heterocycles. The average Bonchev–Trinajstić information content (AvgIpc) is 2.03. The summed E-state index contributed by atoms with van der Waals surface area (Å²) in [7, 11) is 0. The van der Waals surface area contributed by atoms with Gasteiger partial charge in [0.1, 0.15) is 5.76 Å². The lowest BCUT2D eigenvalue weighted by Gasteiger charge is -2.02. The summed E-state index contributed by atoms with van der Waals surface area (Å²) < 4.78 is 5.28. The van der Waals surface area contributed by atoms with E-state index in [1.54, 1.807) is 6.08 Å². The lowest BCUT2D eigenvalue weighted by atomic mass is 10.2. The van der Waals surface area contributed by atoms with Crippen molar-refractivity contribution in [1.29, 1.82) is 0 Å².